The van der Waals surface area contributed by atoms with Crippen molar-refractivity contribution in [3.8, 4) is 5.75 Å². The zero-order valence-corrected chi connectivity index (χ0v) is 9.90. The van der Waals surface area contributed by atoms with E-state index >= 15 is 0 Å². The number of rotatable bonds is 2. The monoisotopic (exact) mass is 224 g/mol. The zero-order chi connectivity index (χ0) is 12.2. The summed E-state index contributed by atoms with van der Waals surface area (Å²) in [6.45, 7) is 5.39. The number of amides is 1. The maximum absolute atomic E-state index is 11.4. The first kappa shape index (κ1) is 12.3. The molecule has 1 rings (SSSR count). The molecule has 0 atom stereocenters. The average Bonchev–Trinajstić information content (AvgIpc) is 2.15. The molecule has 1 aromatic rings. The highest BCUT2D eigenvalue weighted by molar-refractivity contribution is 5.83. The van der Waals surface area contributed by atoms with E-state index in [0.29, 0.717) is 11.6 Å². The van der Waals surface area contributed by atoms with Crippen LogP contribution in [-0.2, 0) is 4.74 Å². The lowest BCUT2D eigenvalue weighted by atomic mass is 10.2. The predicted molar refractivity (Wildman–Crippen MR) is 60.6 cm³/mol. The molecular formula is C11H16N2O3. The van der Waals surface area contributed by atoms with E-state index in [-0.39, 0.29) is 0 Å². The van der Waals surface area contributed by atoms with Gasteiger partial charge >= 0.3 is 6.09 Å². The van der Waals surface area contributed by atoms with Crippen molar-refractivity contribution < 1.29 is 14.3 Å². The van der Waals surface area contributed by atoms with Crippen LogP contribution in [0.15, 0.2) is 18.3 Å². The van der Waals surface area contributed by atoms with E-state index in [4.69, 9.17) is 9.47 Å². The largest absolute Gasteiger partial charge is 0.497 e. The molecule has 0 bridgehead atoms. The lowest BCUT2D eigenvalue weighted by molar-refractivity contribution is 0.0635. The molecule has 1 amide bonds. The molecule has 0 spiro atoms. The van der Waals surface area contributed by atoms with Crippen LogP contribution in [0.25, 0.3) is 0 Å². The normalized spacial score (nSPS) is 10.8. The number of aromatic nitrogens is 1. The smallest absolute Gasteiger partial charge is 0.413 e. The van der Waals surface area contributed by atoms with E-state index in [0.717, 1.165) is 0 Å². The quantitative estimate of drug-likeness (QED) is 0.838. The van der Waals surface area contributed by atoms with E-state index in [1.807, 2.05) is 0 Å². The maximum atomic E-state index is 11.4. The van der Waals surface area contributed by atoms with E-state index in [1.165, 1.54) is 0 Å². The molecule has 1 aromatic heterocycles. The summed E-state index contributed by atoms with van der Waals surface area (Å²) in [5, 5.41) is 2.52. The third-order valence-electron chi connectivity index (χ3n) is 1.60. The molecular weight excluding hydrogens is 208 g/mol. The molecule has 16 heavy (non-hydrogen) atoms. The first-order chi connectivity index (χ1) is 7.40. The van der Waals surface area contributed by atoms with Crippen molar-refractivity contribution in [3.05, 3.63) is 18.3 Å². The maximum Gasteiger partial charge on any atom is 0.413 e. The number of anilines is 1. The topological polar surface area (TPSA) is 60.5 Å². The highest BCUT2D eigenvalue weighted by Gasteiger charge is 2.16. The Morgan fingerprint density at radius 2 is 2.12 bits per heavy atom. The standard InChI is InChI=1S/C11H16N2O3/c1-11(2,3)16-10(14)13-9-7-8(15-4)5-6-12-9/h5-7H,1-4H3,(H,12,13,14). The Kier molecular flexibility index (Phi) is 3.71. The van der Waals surface area contributed by atoms with Crippen LogP contribution < -0.4 is 10.1 Å². The van der Waals surface area contributed by atoms with Crippen LogP contribution >= 0.6 is 0 Å². The fourth-order valence-electron chi connectivity index (χ4n) is 1.01. The fraction of sp³-hybridized carbons (Fsp3) is 0.455. The lowest BCUT2D eigenvalue weighted by Gasteiger charge is -2.19. The second kappa shape index (κ2) is 4.83. The van der Waals surface area contributed by atoms with Gasteiger partial charge in [-0.3, -0.25) is 5.32 Å². The summed E-state index contributed by atoms with van der Waals surface area (Å²) >= 11 is 0. The van der Waals surface area contributed by atoms with Crippen molar-refractivity contribution in [1.82, 2.24) is 4.98 Å². The number of methoxy groups -OCH3 is 1. The Hall–Kier alpha value is -1.78. The minimum atomic E-state index is -0.534. The summed E-state index contributed by atoms with van der Waals surface area (Å²) in [4.78, 5) is 15.4. The average molecular weight is 224 g/mol. The van der Waals surface area contributed by atoms with Gasteiger partial charge in [-0.15, -0.1) is 0 Å². The SMILES string of the molecule is COc1ccnc(NC(=O)OC(C)(C)C)c1. The van der Waals surface area contributed by atoms with Gasteiger partial charge in [-0.1, -0.05) is 0 Å². The first-order valence-electron chi connectivity index (χ1n) is 4.91. The van der Waals surface area contributed by atoms with E-state index < -0.39 is 11.7 Å². The van der Waals surface area contributed by atoms with Crippen molar-refractivity contribution in [3.63, 3.8) is 0 Å². The number of carbonyl (C=O) groups excluding carboxylic acids is 1. The Bertz CT molecular complexity index is 372. The van der Waals surface area contributed by atoms with E-state index in [2.05, 4.69) is 10.3 Å². The molecule has 0 saturated carbocycles. The summed E-state index contributed by atoms with van der Waals surface area (Å²) in [7, 11) is 1.55. The number of hydrogen-bond donors (Lipinski definition) is 1. The third-order valence-corrected chi connectivity index (χ3v) is 1.60. The van der Waals surface area contributed by atoms with E-state index in [1.54, 1.807) is 46.2 Å². The van der Waals surface area contributed by atoms with Gasteiger partial charge in [-0.25, -0.2) is 9.78 Å². The summed E-state index contributed by atoms with van der Waals surface area (Å²) in [5.74, 6) is 1.02. The molecule has 5 heteroatoms. The van der Waals surface area contributed by atoms with Gasteiger partial charge in [0, 0.05) is 12.3 Å². The Balaban J connectivity index is 2.62. The van der Waals surface area contributed by atoms with Crippen LogP contribution in [0.4, 0.5) is 10.6 Å². The van der Waals surface area contributed by atoms with Gasteiger partial charge in [0.2, 0.25) is 0 Å². The van der Waals surface area contributed by atoms with Crippen molar-refractivity contribution >= 4 is 11.9 Å². The summed E-state index contributed by atoms with van der Waals surface area (Å²) in [5.41, 5.74) is -0.525. The Labute approximate surface area is 94.8 Å². The van der Waals surface area contributed by atoms with Crippen molar-refractivity contribution in [2.45, 2.75) is 26.4 Å². The fourth-order valence-corrected chi connectivity index (χ4v) is 1.01. The molecule has 0 saturated heterocycles. The predicted octanol–water partition coefficient (Wildman–Crippen LogP) is 2.44. The summed E-state index contributed by atoms with van der Waals surface area (Å²) < 4.78 is 10.1. The van der Waals surface area contributed by atoms with Crippen LogP contribution in [0.5, 0.6) is 5.75 Å². The number of nitrogens with one attached hydrogen (secondary N) is 1. The molecule has 0 fully saturated rings. The second-order valence-corrected chi connectivity index (χ2v) is 4.21. The highest BCUT2D eigenvalue weighted by atomic mass is 16.6. The molecule has 0 aromatic carbocycles. The summed E-state index contributed by atoms with van der Waals surface area (Å²) in [6, 6.07) is 3.31. The van der Waals surface area contributed by atoms with Crippen LogP contribution in [0.1, 0.15) is 20.8 Å². The van der Waals surface area contributed by atoms with Crippen LogP contribution in [-0.4, -0.2) is 23.8 Å². The van der Waals surface area contributed by atoms with Crippen molar-refractivity contribution in [2.24, 2.45) is 0 Å². The molecule has 0 aliphatic heterocycles. The second-order valence-electron chi connectivity index (χ2n) is 4.21. The van der Waals surface area contributed by atoms with Crippen LogP contribution in [0.2, 0.25) is 0 Å². The molecule has 0 aliphatic rings. The van der Waals surface area contributed by atoms with Gasteiger partial charge in [0.25, 0.3) is 0 Å². The molecule has 1 N–H and O–H groups in total. The molecule has 0 aliphatic carbocycles. The van der Waals surface area contributed by atoms with Gasteiger partial charge < -0.3 is 9.47 Å². The molecule has 5 nitrogen and oxygen atoms in total. The minimum Gasteiger partial charge on any atom is -0.497 e. The minimum absolute atomic E-state index is 0.397. The van der Waals surface area contributed by atoms with E-state index in [9.17, 15) is 4.79 Å². The number of nitrogens with zero attached hydrogens (tertiary/aromatic N) is 1. The summed E-state index contributed by atoms with van der Waals surface area (Å²) in [6.07, 6.45) is 1.01. The van der Waals surface area contributed by atoms with Gasteiger partial charge in [0.1, 0.15) is 17.2 Å². The first-order valence-corrected chi connectivity index (χ1v) is 4.91. The number of hydrogen-bond acceptors (Lipinski definition) is 4. The highest BCUT2D eigenvalue weighted by Crippen LogP contribution is 2.15. The van der Waals surface area contributed by atoms with Crippen LogP contribution in [0.3, 0.4) is 0 Å². The lowest BCUT2D eigenvalue weighted by Crippen LogP contribution is -2.27. The van der Waals surface area contributed by atoms with Crippen LogP contribution in [0, 0.1) is 0 Å². The number of carbonyl (C=O) groups is 1. The van der Waals surface area contributed by atoms with Gasteiger partial charge in [-0.05, 0) is 26.8 Å². The van der Waals surface area contributed by atoms with Crippen molar-refractivity contribution in [1.29, 1.82) is 0 Å². The Morgan fingerprint density at radius 3 is 2.69 bits per heavy atom. The zero-order valence-electron chi connectivity index (χ0n) is 9.90. The molecule has 88 valence electrons. The third kappa shape index (κ3) is 4.16. The number of pyridine rings is 1. The Morgan fingerprint density at radius 1 is 1.44 bits per heavy atom. The molecule has 1 heterocycles. The van der Waals surface area contributed by atoms with Gasteiger partial charge in [-0.2, -0.15) is 0 Å². The molecule has 0 unspecified atom stereocenters. The van der Waals surface area contributed by atoms with Gasteiger partial charge in [0.15, 0.2) is 0 Å². The van der Waals surface area contributed by atoms with Crippen molar-refractivity contribution in [2.75, 3.05) is 12.4 Å². The number of ether oxygens (including phenoxy) is 2. The molecule has 0 radical (unpaired) electrons. The van der Waals surface area contributed by atoms with Gasteiger partial charge in [0.05, 0.1) is 7.11 Å².